The molecule has 1 aromatic carbocycles. The summed E-state index contributed by atoms with van der Waals surface area (Å²) in [6, 6.07) is 7.44. The number of aliphatic hydroxyl groups is 1. The molecule has 1 fully saturated rings. The summed E-state index contributed by atoms with van der Waals surface area (Å²) in [6.07, 6.45) is 2.58. The van der Waals surface area contributed by atoms with E-state index in [0.29, 0.717) is 18.9 Å². The number of hydrogen-bond donors (Lipinski definition) is 2. The van der Waals surface area contributed by atoms with E-state index in [0.717, 1.165) is 24.1 Å². The van der Waals surface area contributed by atoms with Crippen molar-refractivity contribution in [3.05, 3.63) is 29.8 Å². The fraction of sp³-hybridized carbons (Fsp3) is 0.500. The zero-order chi connectivity index (χ0) is 12.3. The summed E-state index contributed by atoms with van der Waals surface area (Å²) >= 11 is 0. The van der Waals surface area contributed by atoms with Crippen molar-refractivity contribution in [2.24, 2.45) is 5.92 Å². The van der Waals surface area contributed by atoms with Gasteiger partial charge in [-0.3, -0.25) is 4.79 Å². The quantitative estimate of drug-likeness (QED) is 0.742. The number of carbonyl (C=O) groups excluding carboxylic acids is 1. The zero-order valence-electron chi connectivity index (χ0n) is 10.1. The van der Waals surface area contributed by atoms with Crippen molar-refractivity contribution in [2.75, 3.05) is 11.9 Å². The Morgan fingerprint density at radius 2 is 2.06 bits per heavy atom. The monoisotopic (exact) mass is 233 g/mol. The minimum absolute atomic E-state index is 0.162. The van der Waals surface area contributed by atoms with Crippen molar-refractivity contribution in [1.82, 2.24) is 0 Å². The lowest BCUT2D eigenvalue weighted by atomic mass is 10.1. The molecule has 3 heteroatoms. The highest BCUT2D eigenvalue weighted by molar-refractivity contribution is 5.96. The summed E-state index contributed by atoms with van der Waals surface area (Å²) < 4.78 is 0. The topological polar surface area (TPSA) is 49.3 Å². The molecule has 1 aliphatic rings. The Kier molecular flexibility index (Phi) is 3.79. The Morgan fingerprint density at radius 1 is 1.41 bits per heavy atom. The molecule has 0 amide bonds. The summed E-state index contributed by atoms with van der Waals surface area (Å²) in [4.78, 5) is 11.4. The molecule has 0 radical (unpaired) electrons. The lowest BCUT2D eigenvalue weighted by molar-refractivity contribution is 0.0988. The van der Waals surface area contributed by atoms with Gasteiger partial charge < -0.3 is 10.4 Å². The van der Waals surface area contributed by atoms with Gasteiger partial charge >= 0.3 is 0 Å². The van der Waals surface area contributed by atoms with Crippen LogP contribution in [0.5, 0.6) is 0 Å². The minimum Gasteiger partial charge on any atom is -0.391 e. The van der Waals surface area contributed by atoms with Crippen molar-refractivity contribution in [3.63, 3.8) is 0 Å². The Balaban J connectivity index is 1.86. The van der Waals surface area contributed by atoms with Crippen LogP contribution >= 0.6 is 0 Å². The zero-order valence-corrected chi connectivity index (χ0v) is 10.1. The second-order valence-electron chi connectivity index (χ2n) is 4.64. The fourth-order valence-corrected chi connectivity index (χ4v) is 1.85. The van der Waals surface area contributed by atoms with Gasteiger partial charge in [0, 0.05) is 24.2 Å². The van der Waals surface area contributed by atoms with E-state index in [1.165, 1.54) is 0 Å². The van der Waals surface area contributed by atoms with Gasteiger partial charge in [0.05, 0.1) is 6.10 Å². The lowest BCUT2D eigenvalue weighted by Gasteiger charge is -2.11. The van der Waals surface area contributed by atoms with Crippen molar-refractivity contribution < 1.29 is 9.90 Å². The Morgan fingerprint density at radius 3 is 2.59 bits per heavy atom. The molecule has 0 aromatic heterocycles. The van der Waals surface area contributed by atoms with Crippen LogP contribution in [-0.2, 0) is 0 Å². The van der Waals surface area contributed by atoms with Crippen LogP contribution in [0.1, 0.15) is 36.5 Å². The van der Waals surface area contributed by atoms with E-state index in [1.807, 2.05) is 31.2 Å². The van der Waals surface area contributed by atoms with Gasteiger partial charge in [0.2, 0.25) is 0 Å². The Labute approximate surface area is 102 Å². The van der Waals surface area contributed by atoms with Crippen LogP contribution < -0.4 is 5.32 Å². The van der Waals surface area contributed by atoms with E-state index in [4.69, 9.17) is 0 Å². The highest BCUT2D eigenvalue weighted by Gasteiger charge is 2.29. The number of ketones is 1. The molecule has 1 aliphatic carbocycles. The number of anilines is 1. The standard InChI is InChI=1S/C14H19NO2/c1-2-13(16)10-5-7-12(8-6-10)15-9-14(17)11-3-4-11/h5-8,11,14-15,17H,2-4,9H2,1H3. The number of hydrogen-bond acceptors (Lipinski definition) is 3. The molecular formula is C14H19NO2. The predicted molar refractivity (Wildman–Crippen MR) is 68.3 cm³/mol. The molecule has 0 spiro atoms. The summed E-state index contributed by atoms with van der Waals surface area (Å²) in [7, 11) is 0. The van der Waals surface area contributed by atoms with E-state index in [1.54, 1.807) is 0 Å². The van der Waals surface area contributed by atoms with Gasteiger partial charge in [-0.2, -0.15) is 0 Å². The van der Waals surface area contributed by atoms with E-state index < -0.39 is 0 Å². The molecular weight excluding hydrogens is 214 g/mol. The van der Waals surface area contributed by atoms with Crippen LogP contribution in [-0.4, -0.2) is 23.5 Å². The first-order valence-corrected chi connectivity index (χ1v) is 6.26. The van der Waals surface area contributed by atoms with Gasteiger partial charge in [0.1, 0.15) is 0 Å². The molecule has 17 heavy (non-hydrogen) atoms. The first-order chi connectivity index (χ1) is 8.20. The first kappa shape index (κ1) is 12.1. The second kappa shape index (κ2) is 5.32. The third-order valence-electron chi connectivity index (χ3n) is 3.21. The number of carbonyl (C=O) groups is 1. The van der Waals surface area contributed by atoms with Crippen LogP contribution in [0.15, 0.2) is 24.3 Å². The molecule has 92 valence electrons. The van der Waals surface area contributed by atoms with Gasteiger partial charge in [0.15, 0.2) is 5.78 Å². The number of Topliss-reactive ketones (excluding diaryl/α,β-unsaturated/α-hetero) is 1. The van der Waals surface area contributed by atoms with Crippen molar-refractivity contribution in [1.29, 1.82) is 0 Å². The largest absolute Gasteiger partial charge is 0.391 e. The molecule has 3 nitrogen and oxygen atoms in total. The molecule has 1 atom stereocenters. The summed E-state index contributed by atoms with van der Waals surface area (Å²) in [6.45, 7) is 2.45. The maximum Gasteiger partial charge on any atom is 0.162 e. The summed E-state index contributed by atoms with van der Waals surface area (Å²) in [5.41, 5.74) is 1.71. The average molecular weight is 233 g/mol. The maximum atomic E-state index is 11.4. The molecule has 1 unspecified atom stereocenters. The van der Waals surface area contributed by atoms with Gasteiger partial charge in [-0.15, -0.1) is 0 Å². The van der Waals surface area contributed by atoms with Crippen molar-refractivity contribution in [2.45, 2.75) is 32.3 Å². The van der Waals surface area contributed by atoms with Crippen molar-refractivity contribution >= 4 is 11.5 Å². The molecule has 2 rings (SSSR count). The molecule has 0 aliphatic heterocycles. The van der Waals surface area contributed by atoms with Crippen LogP contribution in [0.25, 0.3) is 0 Å². The first-order valence-electron chi connectivity index (χ1n) is 6.26. The second-order valence-corrected chi connectivity index (χ2v) is 4.64. The van der Waals surface area contributed by atoms with E-state index in [-0.39, 0.29) is 11.9 Å². The molecule has 2 N–H and O–H groups in total. The highest BCUT2D eigenvalue weighted by atomic mass is 16.3. The van der Waals surface area contributed by atoms with Crippen LogP contribution in [0.3, 0.4) is 0 Å². The lowest BCUT2D eigenvalue weighted by Crippen LogP contribution is -2.21. The molecule has 0 bridgehead atoms. The number of nitrogens with one attached hydrogen (secondary N) is 1. The maximum absolute atomic E-state index is 11.4. The van der Waals surface area contributed by atoms with Crippen molar-refractivity contribution in [3.8, 4) is 0 Å². The van der Waals surface area contributed by atoms with E-state index in [2.05, 4.69) is 5.32 Å². The minimum atomic E-state index is -0.244. The smallest absolute Gasteiger partial charge is 0.162 e. The molecule has 1 saturated carbocycles. The predicted octanol–water partition coefficient (Wildman–Crippen LogP) is 2.46. The number of benzene rings is 1. The number of rotatable bonds is 6. The molecule has 1 aromatic rings. The van der Waals surface area contributed by atoms with E-state index >= 15 is 0 Å². The van der Waals surface area contributed by atoms with Gasteiger partial charge in [-0.25, -0.2) is 0 Å². The van der Waals surface area contributed by atoms with Gasteiger partial charge in [-0.1, -0.05) is 6.92 Å². The Bertz CT molecular complexity index is 382. The third kappa shape index (κ3) is 3.30. The van der Waals surface area contributed by atoms with Crippen LogP contribution in [0.2, 0.25) is 0 Å². The van der Waals surface area contributed by atoms with E-state index in [9.17, 15) is 9.90 Å². The summed E-state index contributed by atoms with van der Waals surface area (Å²) in [5.74, 6) is 0.651. The number of aliphatic hydroxyl groups excluding tert-OH is 1. The average Bonchev–Trinajstić information content (AvgIpc) is 3.20. The molecule has 0 heterocycles. The fourth-order valence-electron chi connectivity index (χ4n) is 1.85. The Hall–Kier alpha value is -1.35. The third-order valence-corrected chi connectivity index (χ3v) is 3.21. The highest BCUT2D eigenvalue weighted by Crippen LogP contribution is 2.32. The SMILES string of the molecule is CCC(=O)c1ccc(NCC(O)C2CC2)cc1. The van der Waals surface area contributed by atoms with Gasteiger partial charge in [0.25, 0.3) is 0 Å². The van der Waals surface area contributed by atoms with Crippen LogP contribution in [0, 0.1) is 5.92 Å². The normalized spacial score (nSPS) is 16.6. The molecule has 0 saturated heterocycles. The summed E-state index contributed by atoms with van der Waals surface area (Å²) in [5, 5.41) is 12.9. The van der Waals surface area contributed by atoms with Crippen LogP contribution in [0.4, 0.5) is 5.69 Å². The van der Waals surface area contributed by atoms with Gasteiger partial charge in [-0.05, 0) is 43.0 Å².